The Labute approximate surface area is 98.1 Å². The van der Waals surface area contributed by atoms with Crippen molar-refractivity contribution in [2.24, 2.45) is 5.73 Å². The number of thiazole rings is 1. The Morgan fingerprint density at radius 3 is 2.75 bits per heavy atom. The van der Waals surface area contributed by atoms with Crippen LogP contribution in [0.15, 0.2) is 35.8 Å². The molecule has 0 bridgehead atoms. The molecule has 3 N–H and O–H groups in total. The molecular formula is C11H13N3OS. The zero-order valence-electron chi connectivity index (χ0n) is 8.72. The number of nitrogens with zero attached hydrogens (tertiary/aromatic N) is 1. The number of aromatic nitrogens is 1. The number of benzene rings is 1. The summed E-state index contributed by atoms with van der Waals surface area (Å²) in [5.41, 5.74) is 6.35. The van der Waals surface area contributed by atoms with E-state index in [-0.39, 0.29) is 0 Å². The summed E-state index contributed by atoms with van der Waals surface area (Å²) in [6.07, 6.45) is 1.77. The van der Waals surface area contributed by atoms with E-state index in [2.05, 4.69) is 10.3 Å². The summed E-state index contributed by atoms with van der Waals surface area (Å²) in [5, 5.41) is 6.01. The average Bonchev–Trinajstić information content (AvgIpc) is 2.81. The monoisotopic (exact) mass is 235 g/mol. The molecule has 2 aromatic rings. The van der Waals surface area contributed by atoms with Crippen molar-refractivity contribution in [1.29, 1.82) is 0 Å². The fourth-order valence-corrected chi connectivity index (χ4v) is 1.77. The Bertz CT molecular complexity index is 413. The van der Waals surface area contributed by atoms with Crippen molar-refractivity contribution >= 4 is 22.2 Å². The normalized spacial score (nSPS) is 10.1. The smallest absolute Gasteiger partial charge is 0.187 e. The van der Waals surface area contributed by atoms with Crippen LogP contribution in [0.1, 0.15) is 0 Å². The maximum atomic E-state index is 5.38. The van der Waals surface area contributed by atoms with E-state index in [1.165, 1.54) is 0 Å². The third-order valence-electron chi connectivity index (χ3n) is 1.92. The molecule has 1 heterocycles. The van der Waals surface area contributed by atoms with E-state index >= 15 is 0 Å². The van der Waals surface area contributed by atoms with Crippen LogP contribution in [-0.2, 0) is 0 Å². The lowest BCUT2D eigenvalue weighted by Gasteiger charge is -2.06. The molecule has 0 unspecified atom stereocenters. The van der Waals surface area contributed by atoms with Gasteiger partial charge in [-0.05, 0) is 24.3 Å². The quantitative estimate of drug-likeness (QED) is 0.834. The van der Waals surface area contributed by atoms with Gasteiger partial charge in [-0.3, -0.25) is 0 Å². The number of rotatable bonds is 5. The minimum absolute atomic E-state index is 0.527. The summed E-state index contributed by atoms with van der Waals surface area (Å²) in [4.78, 5) is 4.14. The van der Waals surface area contributed by atoms with E-state index in [1.54, 1.807) is 17.5 Å². The van der Waals surface area contributed by atoms with Crippen molar-refractivity contribution in [1.82, 2.24) is 4.98 Å². The summed E-state index contributed by atoms with van der Waals surface area (Å²) >= 11 is 1.57. The van der Waals surface area contributed by atoms with Crippen molar-refractivity contribution in [3.63, 3.8) is 0 Å². The fourth-order valence-electron chi connectivity index (χ4n) is 1.22. The molecule has 4 nitrogen and oxygen atoms in total. The summed E-state index contributed by atoms with van der Waals surface area (Å²) in [7, 11) is 0. The number of hydrogen-bond donors (Lipinski definition) is 2. The Morgan fingerprint density at radius 1 is 1.31 bits per heavy atom. The Kier molecular flexibility index (Phi) is 3.74. The van der Waals surface area contributed by atoms with Crippen LogP contribution in [0.4, 0.5) is 10.8 Å². The maximum absolute atomic E-state index is 5.38. The van der Waals surface area contributed by atoms with Gasteiger partial charge in [0, 0.05) is 23.8 Å². The lowest BCUT2D eigenvalue weighted by atomic mass is 10.3. The van der Waals surface area contributed by atoms with E-state index in [1.807, 2.05) is 29.6 Å². The molecule has 84 valence electrons. The molecular weight excluding hydrogens is 222 g/mol. The Morgan fingerprint density at radius 2 is 2.12 bits per heavy atom. The average molecular weight is 235 g/mol. The first-order chi connectivity index (χ1) is 7.88. The van der Waals surface area contributed by atoms with Crippen LogP contribution in [-0.4, -0.2) is 18.1 Å². The van der Waals surface area contributed by atoms with Crippen LogP contribution in [0.25, 0.3) is 0 Å². The predicted molar refractivity (Wildman–Crippen MR) is 66.4 cm³/mol. The Hall–Kier alpha value is -1.59. The number of ether oxygens (including phenoxy) is 1. The summed E-state index contributed by atoms with van der Waals surface area (Å²) in [6, 6.07) is 7.72. The summed E-state index contributed by atoms with van der Waals surface area (Å²) < 4.78 is 5.38. The van der Waals surface area contributed by atoms with E-state index in [0.717, 1.165) is 16.6 Å². The number of anilines is 2. The maximum Gasteiger partial charge on any atom is 0.187 e. The zero-order chi connectivity index (χ0) is 11.2. The minimum Gasteiger partial charge on any atom is -0.492 e. The van der Waals surface area contributed by atoms with Crippen molar-refractivity contribution < 1.29 is 4.74 Å². The molecule has 0 saturated carbocycles. The third kappa shape index (κ3) is 2.95. The first kappa shape index (κ1) is 10.9. The third-order valence-corrected chi connectivity index (χ3v) is 2.61. The van der Waals surface area contributed by atoms with Crippen molar-refractivity contribution in [2.45, 2.75) is 0 Å². The topological polar surface area (TPSA) is 60.2 Å². The van der Waals surface area contributed by atoms with Gasteiger partial charge in [0.15, 0.2) is 5.13 Å². The second kappa shape index (κ2) is 5.48. The highest BCUT2D eigenvalue weighted by molar-refractivity contribution is 7.13. The minimum atomic E-state index is 0.527. The van der Waals surface area contributed by atoms with E-state index < -0.39 is 0 Å². The highest BCUT2D eigenvalue weighted by Crippen LogP contribution is 2.21. The van der Waals surface area contributed by atoms with Crippen LogP contribution in [0, 0.1) is 0 Å². The van der Waals surface area contributed by atoms with Gasteiger partial charge in [-0.2, -0.15) is 0 Å². The molecule has 1 aromatic carbocycles. The van der Waals surface area contributed by atoms with Crippen LogP contribution >= 0.6 is 11.3 Å². The van der Waals surface area contributed by atoms with Crippen LogP contribution in [0.2, 0.25) is 0 Å². The highest BCUT2D eigenvalue weighted by atomic mass is 32.1. The molecule has 16 heavy (non-hydrogen) atoms. The van der Waals surface area contributed by atoms with Gasteiger partial charge in [0.05, 0.1) is 0 Å². The van der Waals surface area contributed by atoms with E-state index in [0.29, 0.717) is 13.2 Å². The predicted octanol–water partition coefficient (Wildman–Crippen LogP) is 2.22. The molecule has 0 fully saturated rings. The van der Waals surface area contributed by atoms with Crippen molar-refractivity contribution in [3.8, 4) is 5.75 Å². The number of nitrogens with one attached hydrogen (secondary N) is 1. The fraction of sp³-hybridized carbons (Fsp3) is 0.182. The zero-order valence-corrected chi connectivity index (χ0v) is 9.54. The number of nitrogens with two attached hydrogens (primary N) is 1. The van der Waals surface area contributed by atoms with Gasteiger partial charge >= 0.3 is 0 Å². The molecule has 0 aliphatic carbocycles. The molecule has 0 aliphatic rings. The lowest BCUT2D eigenvalue weighted by Crippen LogP contribution is -2.10. The van der Waals surface area contributed by atoms with Gasteiger partial charge in [0.2, 0.25) is 0 Å². The molecule has 0 spiro atoms. The van der Waals surface area contributed by atoms with Crippen molar-refractivity contribution in [2.75, 3.05) is 18.5 Å². The molecule has 0 atom stereocenters. The van der Waals surface area contributed by atoms with Crippen LogP contribution in [0.5, 0.6) is 5.75 Å². The molecule has 0 aliphatic heterocycles. The van der Waals surface area contributed by atoms with Crippen molar-refractivity contribution in [3.05, 3.63) is 35.8 Å². The Balaban J connectivity index is 1.96. The number of hydrogen-bond acceptors (Lipinski definition) is 5. The first-order valence-corrected chi connectivity index (χ1v) is 5.86. The van der Waals surface area contributed by atoms with E-state index in [9.17, 15) is 0 Å². The standard InChI is InChI=1S/C11H13N3OS/c12-5-7-15-10-3-1-9(2-4-10)14-11-13-6-8-16-11/h1-4,6,8H,5,7,12H2,(H,13,14). The van der Waals surface area contributed by atoms with Gasteiger partial charge in [-0.1, -0.05) is 0 Å². The lowest BCUT2D eigenvalue weighted by molar-refractivity contribution is 0.328. The van der Waals surface area contributed by atoms with Crippen LogP contribution < -0.4 is 15.8 Å². The molecule has 0 saturated heterocycles. The summed E-state index contributed by atoms with van der Waals surface area (Å²) in [6.45, 7) is 1.07. The summed E-state index contributed by atoms with van der Waals surface area (Å²) in [5.74, 6) is 0.829. The second-order valence-corrected chi connectivity index (χ2v) is 4.02. The SMILES string of the molecule is NCCOc1ccc(Nc2nccs2)cc1. The molecule has 0 amide bonds. The van der Waals surface area contributed by atoms with Gasteiger partial charge in [-0.15, -0.1) is 11.3 Å². The van der Waals surface area contributed by atoms with Gasteiger partial charge in [-0.25, -0.2) is 4.98 Å². The first-order valence-electron chi connectivity index (χ1n) is 4.98. The largest absolute Gasteiger partial charge is 0.492 e. The molecule has 0 radical (unpaired) electrons. The van der Waals surface area contributed by atoms with Gasteiger partial charge in [0.1, 0.15) is 12.4 Å². The molecule has 2 rings (SSSR count). The highest BCUT2D eigenvalue weighted by Gasteiger charge is 1.97. The van der Waals surface area contributed by atoms with Gasteiger partial charge in [0.25, 0.3) is 0 Å². The van der Waals surface area contributed by atoms with Crippen LogP contribution in [0.3, 0.4) is 0 Å². The van der Waals surface area contributed by atoms with Gasteiger partial charge < -0.3 is 15.8 Å². The molecule has 5 heteroatoms. The van der Waals surface area contributed by atoms with E-state index in [4.69, 9.17) is 10.5 Å². The second-order valence-electron chi connectivity index (χ2n) is 3.12. The molecule has 1 aromatic heterocycles.